The summed E-state index contributed by atoms with van der Waals surface area (Å²) in [6, 6.07) is 7.11. The van der Waals surface area contributed by atoms with Gasteiger partial charge in [-0.1, -0.05) is 0 Å². The monoisotopic (exact) mass is 255 g/mol. The van der Waals surface area contributed by atoms with Crippen LogP contribution in [-0.2, 0) is 0 Å². The minimum atomic E-state index is -0.572. The van der Waals surface area contributed by atoms with Gasteiger partial charge in [0.05, 0.1) is 23.0 Å². The van der Waals surface area contributed by atoms with Crippen molar-refractivity contribution >= 4 is 22.9 Å². The first kappa shape index (κ1) is 11.1. The summed E-state index contributed by atoms with van der Waals surface area (Å²) in [7, 11) is 1.72. The Labute approximate surface area is 107 Å². The number of fused-ring (bicyclic) bond motifs is 2. The normalized spacial score (nSPS) is 12.1. The van der Waals surface area contributed by atoms with Crippen LogP contribution in [0.2, 0.25) is 0 Å². The Balaban J connectivity index is 2.26. The quantitative estimate of drug-likeness (QED) is 0.644. The van der Waals surface area contributed by atoms with Crippen molar-refractivity contribution in [2.45, 2.75) is 0 Å². The van der Waals surface area contributed by atoms with E-state index in [1.165, 1.54) is 0 Å². The zero-order chi connectivity index (χ0) is 13.6. The van der Waals surface area contributed by atoms with Gasteiger partial charge in [-0.05, 0) is 18.2 Å². The van der Waals surface area contributed by atoms with Gasteiger partial charge in [-0.15, -0.1) is 0 Å². The first-order chi connectivity index (χ1) is 9.10. The van der Waals surface area contributed by atoms with Gasteiger partial charge in [-0.2, -0.15) is 5.26 Å². The van der Waals surface area contributed by atoms with Gasteiger partial charge in [0.25, 0.3) is 5.56 Å². The Kier molecular flexibility index (Phi) is 2.19. The van der Waals surface area contributed by atoms with E-state index in [4.69, 9.17) is 5.26 Å². The second kappa shape index (κ2) is 3.74. The standard InChI is InChI=1S/C12H9N5O2/c1-17-8-4-6(5-13)2-3-7(8)14-9-10(17)15-12(19)16-11(9)18/h2-4,14H,1H3,(H2,15,16,18,19). The molecule has 7 heteroatoms. The van der Waals surface area contributed by atoms with Gasteiger partial charge in [0.15, 0.2) is 0 Å². The van der Waals surface area contributed by atoms with E-state index in [1.54, 1.807) is 30.1 Å². The summed E-state index contributed by atoms with van der Waals surface area (Å²) in [5.41, 5.74) is 1.14. The lowest BCUT2D eigenvalue weighted by atomic mass is 10.1. The number of aromatic amines is 2. The van der Waals surface area contributed by atoms with Crippen LogP contribution in [0.25, 0.3) is 0 Å². The summed E-state index contributed by atoms with van der Waals surface area (Å²) in [6.45, 7) is 0. The molecular formula is C12H9N5O2. The Morgan fingerprint density at radius 2 is 2.05 bits per heavy atom. The number of hydrogen-bond acceptors (Lipinski definition) is 5. The first-order valence-electron chi connectivity index (χ1n) is 5.51. The summed E-state index contributed by atoms with van der Waals surface area (Å²) < 4.78 is 0. The molecule has 7 nitrogen and oxygen atoms in total. The highest BCUT2D eigenvalue weighted by atomic mass is 16.2. The first-order valence-corrected chi connectivity index (χ1v) is 5.51. The molecule has 1 aliphatic rings. The van der Waals surface area contributed by atoms with E-state index >= 15 is 0 Å². The van der Waals surface area contributed by atoms with Crippen LogP contribution in [0.4, 0.5) is 22.9 Å². The van der Waals surface area contributed by atoms with E-state index in [0.717, 1.165) is 0 Å². The number of nitrogens with zero attached hydrogens (tertiary/aromatic N) is 2. The molecule has 0 unspecified atom stereocenters. The SMILES string of the molecule is CN1c2cc(C#N)ccc2Nc2c1[nH]c(=O)[nH]c2=O. The van der Waals surface area contributed by atoms with E-state index in [9.17, 15) is 9.59 Å². The van der Waals surface area contributed by atoms with Gasteiger partial charge < -0.3 is 10.2 Å². The molecule has 0 fully saturated rings. The Hall–Kier alpha value is -3.01. The fourth-order valence-corrected chi connectivity index (χ4v) is 2.08. The van der Waals surface area contributed by atoms with Gasteiger partial charge in [0.2, 0.25) is 0 Å². The highest BCUT2D eigenvalue weighted by molar-refractivity contribution is 5.89. The predicted molar refractivity (Wildman–Crippen MR) is 70.2 cm³/mol. The van der Waals surface area contributed by atoms with E-state index in [1.807, 2.05) is 0 Å². The second-order valence-corrected chi connectivity index (χ2v) is 4.16. The zero-order valence-corrected chi connectivity index (χ0v) is 9.94. The lowest BCUT2D eigenvalue weighted by Crippen LogP contribution is -2.31. The topological polar surface area (TPSA) is 105 Å². The van der Waals surface area contributed by atoms with Crippen LogP contribution in [0.3, 0.4) is 0 Å². The number of H-pyrrole nitrogens is 2. The molecule has 0 amide bonds. The third-order valence-electron chi connectivity index (χ3n) is 3.01. The van der Waals surface area contributed by atoms with E-state index in [2.05, 4.69) is 21.4 Å². The molecular weight excluding hydrogens is 246 g/mol. The van der Waals surface area contributed by atoms with Crippen molar-refractivity contribution in [1.29, 1.82) is 5.26 Å². The maximum Gasteiger partial charge on any atom is 0.327 e. The lowest BCUT2D eigenvalue weighted by Gasteiger charge is -2.29. The van der Waals surface area contributed by atoms with Crippen molar-refractivity contribution in [3.63, 3.8) is 0 Å². The third kappa shape index (κ3) is 1.58. The molecule has 1 aromatic carbocycles. The van der Waals surface area contributed by atoms with Gasteiger partial charge in [0.1, 0.15) is 11.5 Å². The molecule has 0 saturated heterocycles. The number of aromatic nitrogens is 2. The molecule has 0 aliphatic carbocycles. The van der Waals surface area contributed by atoms with Crippen LogP contribution in [-0.4, -0.2) is 17.0 Å². The van der Waals surface area contributed by atoms with Gasteiger partial charge >= 0.3 is 5.69 Å². The second-order valence-electron chi connectivity index (χ2n) is 4.16. The lowest BCUT2D eigenvalue weighted by molar-refractivity contribution is 0.992. The van der Waals surface area contributed by atoms with Crippen molar-refractivity contribution in [3.05, 3.63) is 44.6 Å². The number of rotatable bonds is 0. The number of hydrogen-bond donors (Lipinski definition) is 3. The molecule has 1 aliphatic heterocycles. The molecule has 2 heterocycles. The molecule has 0 atom stereocenters. The molecule has 0 spiro atoms. The Bertz CT molecular complexity index is 827. The van der Waals surface area contributed by atoms with E-state index in [-0.39, 0.29) is 5.69 Å². The highest BCUT2D eigenvalue weighted by Crippen LogP contribution is 2.39. The number of nitriles is 1. The number of benzene rings is 1. The molecule has 94 valence electrons. The minimum absolute atomic E-state index is 0.277. The molecule has 3 N–H and O–H groups in total. The predicted octanol–water partition coefficient (Wildman–Crippen LogP) is 0.760. The van der Waals surface area contributed by atoms with Crippen molar-refractivity contribution in [1.82, 2.24) is 9.97 Å². The Morgan fingerprint density at radius 3 is 2.79 bits per heavy atom. The van der Waals surface area contributed by atoms with Crippen LogP contribution in [0.15, 0.2) is 27.8 Å². The summed E-state index contributed by atoms with van der Waals surface area (Å²) >= 11 is 0. The van der Waals surface area contributed by atoms with Crippen molar-refractivity contribution in [2.75, 3.05) is 17.3 Å². The number of anilines is 4. The fourth-order valence-electron chi connectivity index (χ4n) is 2.08. The van der Waals surface area contributed by atoms with Gasteiger partial charge in [-0.3, -0.25) is 14.8 Å². The summed E-state index contributed by atoms with van der Waals surface area (Å²) in [6.07, 6.45) is 0. The van der Waals surface area contributed by atoms with Crippen LogP contribution >= 0.6 is 0 Å². The summed E-state index contributed by atoms with van der Waals surface area (Å²) in [4.78, 5) is 29.5. The van der Waals surface area contributed by atoms with Crippen LogP contribution in [0.1, 0.15) is 5.56 Å². The average Bonchev–Trinajstić information content (AvgIpc) is 2.40. The summed E-state index contributed by atoms with van der Waals surface area (Å²) in [5, 5.41) is 11.9. The van der Waals surface area contributed by atoms with Gasteiger partial charge in [-0.25, -0.2) is 4.79 Å². The maximum absolute atomic E-state index is 11.7. The van der Waals surface area contributed by atoms with Crippen LogP contribution in [0.5, 0.6) is 0 Å². The minimum Gasteiger partial charge on any atom is -0.346 e. The van der Waals surface area contributed by atoms with Gasteiger partial charge in [0, 0.05) is 7.05 Å². The highest BCUT2D eigenvalue weighted by Gasteiger charge is 2.23. The fraction of sp³-hybridized carbons (Fsp3) is 0.0833. The summed E-state index contributed by atoms with van der Waals surface area (Å²) in [5.74, 6) is 0.372. The van der Waals surface area contributed by atoms with Crippen LogP contribution in [0, 0.1) is 11.3 Å². The largest absolute Gasteiger partial charge is 0.346 e. The van der Waals surface area contributed by atoms with E-state index in [0.29, 0.717) is 22.8 Å². The molecule has 0 saturated carbocycles. The van der Waals surface area contributed by atoms with Crippen LogP contribution < -0.4 is 21.5 Å². The molecule has 0 radical (unpaired) electrons. The Morgan fingerprint density at radius 1 is 1.26 bits per heavy atom. The molecule has 1 aromatic heterocycles. The zero-order valence-electron chi connectivity index (χ0n) is 9.94. The molecule has 19 heavy (non-hydrogen) atoms. The molecule has 2 aromatic rings. The van der Waals surface area contributed by atoms with Crippen molar-refractivity contribution < 1.29 is 0 Å². The van der Waals surface area contributed by atoms with Crippen molar-refractivity contribution in [3.8, 4) is 6.07 Å². The smallest absolute Gasteiger partial charge is 0.327 e. The molecule has 0 bridgehead atoms. The number of nitrogens with one attached hydrogen (secondary N) is 3. The van der Waals surface area contributed by atoms with Crippen molar-refractivity contribution in [2.24, 2.45) is 0 Å². The molecule has 3 rings (SSSR count). The average molecular weight is 255 g/mol. The van der Waals surface area contributed by atoms with E-state index < -0.39 is 11.2 Å². The maximum atomic E-state index is 11.7. The third-order valence-corrected chi connectivity index (χ3v) is 3.01.